The van der Waals surface area contributed by atoms with Crippen molar-refractivity contribution in [2.75, 3.05) is 6.54 Å². The summed E-state index contributed by atoms with van der Waals surface area (Å²) in [7, 11) is 0. The van der Waals surface area contributed by atoms with Gasteiger partial charge < -0.3 is 9.73 Å². The number of rotatable bonds is 6. The van der Waals surface area contributed by atoms with Crippen molar-refractivity contribution in [1.29, 1.82) is 0 Å². The van der Waals surface area contributed by atoms with E-state index in [1.54, 1.807) is 0 Å². The summed E-state index contributed by atoms with van der Waals surface area (Å²) in [6.07, 6.45) is 1.78. The number of carbonyl (C=O) groups is 1. The van der Waals surface area contributed by atoms with Crippen LogP contribution in [0.2, 0.25) is 0 Å². The van der Waals surface area contributed by atoms with Gasteiger partial charge in [-0.05, 0) is 24.5 Å². The topological polar surface area (TPSA) is 55.1 Å². The van der Waals surface area contributed by atoms with Crippen molar-refractivity contribution in [3.8, 4) is 0 Å². The molecule has 0 unspecified atom stereocenters. The molecule has 4 heteroatoms. The number of benzene rings is 1. The number of aromatic nitrogens is 1. The van der Waals surface area contributed by atoms with Crippen molar-refractivity contribution >= 4 is 17.0 Å². The maximum absolute atomic E-state index is 11.5. The average molecular weight is 288 g/mol. The zero-order chi connectivity index (χ0) is 15.4. The van der Waals surface area contributed by atoms with Gasteiger partial charge in [-0.25, -0.2) is 4.98 Å². The Morgan fingerprint density at radius 1 is 1.29 bits per heavy atom. The number of para-hydroxylation sites is 1. The first-order valence-corrected chi connectivity index (χ1v) is 7.65. The smallest absolute Gasteiger partial charge is 0.222 e. The van der Waals surface area contributed by atoms with Crippen LogP contribution in [0, 0.1) is 5.92 Å². The minimum absolute atomic E-state index is 0.0382. The van der Waals surface area contributed by atoms with Crippen LogP contribution in [0.1, 0.15) is 51.5 Å². The summed E-state index contributed by atoms with van der Waals surface area (Å²) in [4.78, 5) is 16.0. The summed E-state index contributed by atoms with van der Waals surface area (Å²) in [5.74, 6) is 1.22. The number of nitrogens with zero attached hydrogens (tertiary/aromatic N) is 1. The second kappa shape index (κ2) is 6.74. The van der Waals surface area contributed by atoms with Crippen molar-refractivity contribution in [2.45, 2.75) is 46.5 Å². The highest BCUT2D eigenvalue weighted by Gasteiger charge is 2.12. The monoisotopic (exact) mass is 288 g/mol. The van der Waals surface area contributed by atoms with E-state index < -0.39 is 0 Å². The predicted octanol–water partition coefficient (Wildman–Crippen LogP) is 3.66. The lowest BCUT2D eigenvalue weighted by Gasteiger charge is -2.07. The zero-order valence-corrected chi connectivity index (χ0v) is 13.3. The first kappa shape index (κ1) is 15.5. The Kier molecular flexibility index (Phi) is 4.99. The van der Waals surface area contributed by atoms with Gasteiger partial charge in [-0.1, -0.05) is 39.8 Å². The molecule has 0 fully saturated rings. The third-order valence-corrected chi connectivity index (χ3v) is 3.45. The Morgan fingerprint density at radius 3 is 2.71 bits per heavy atom. The molecule has 21 heavy (non-hydrogen) atoms. The molecule has 2 aromatic rings. The van der Waals surface area contributed by atoms with Crippen LogP contribution in [-0.2, 0) is 11.2 Å². The van der Waals surface area contributed by atoms with E-state index in [4.69, 9.17) is 4.42 Å². The Bertz CT molecular complexity index is 614. The van der Waals surface area contributed by atoms with Crippen LogP contribution >= 0.6 is 0 Å². The standard InChI is InChI=1S/C17H24N2O2/c1-11(2)16(20)18-10-6-8-13-7-5-9-14-15(13)21-17(19-14)12(3)4/h5,7,9,11-12H,6,8,10H2,1-4H3,(H,18,20). The summed E-state index contributed by atoms with van der Waals surface area (Å²) in [5, 5.41) is 2.94. The van der Waals surface area contributed by atoms with E-state index in [-0.39, 0.29) is 17.7 Å². The number of aryl methyl sites for hydroxylation is 1. The fourth-order valence-corrected chi connectivity index (χ4v) is 2.16. The van der Waals surface area contributed by atoms with Gasteiger partial charge in [0.2, 0.25) is 5.91 Å². The van der Waals surface area contributed by atoms with E-state index in [1.165, 1.54) is 0 Å². The number of fused-ring (bicyclic) bond motifs is 1. The molecule has 0 radical (unpaired) electrons. The normalized spacial score (nSPS) is 11.5. The second-order valence-electron chi connectivity index (χ2n) is 6.02. The quantitative estimate of drug-likeness (QED) is 0.825. The minimum Gasteiger partial charge on any atom is -0.440 e. The van der Waals surface area contributed by atoms with Gasteiger partial charge in [-0.3, -0.25) is 4.79 Å². The molecule has 1 amide bonds. The van der Waals surface area contributed by atoms with Gasteiger partial charge in [0.25, 0.3) is 0 Å². The summed E-state index contributed by atoms with van der Waals surface area (Å²) in [6.45, 7) is 8.65. The largest absolute Gasteiger partial charge is 0.440 e. The lowest BCUT2D eigenvalue weighted by atomic mass is 10.1. The lowest BCUT2D eigenvalue weighted by molar-refractivity contribution is -0.123. The maximum Gasteiger partial charge on any atom is 0.222 e. The van der Waals surface area contributed by atoms with Gasteiger partial charge in [0, 0.05) is 18.4 Å². The number of oxazole rings is 1. The molecule has 4 nitrogen and oxygen atoms in total. The highest BCUT2D eigenvalue weighted by atomic mass is 16.3. The molecule has 0 aliphatic heterocycles. The highest BCUT2D eigenvalue weighted by molar-refractivity contribution is 5.78. The molecule has 1 heterocycles. The van der Waals surface area contributed by atoms with E-state index in [9.17, 15) is 4.79 Å². The maximum atomic E-state index is 11.5. The SMILES string of the molecule is CC(C)C(=O)NCCCc1cccc2nc(C(C)C)oc12. The molecule has 0 aliphatic rings. The Hall–Kier alpha value is -1.84. The molecule has 0 atom stereocenters. The number of hydrogen-bond donors (Lipinski definition) is 1. The molecular formula is C17H24N2O2. The number of amides is 1. The molecule has 0 bridgehead atoms. The Labute approximate surface area is 125 Å². The highest BCUT2D eigenvalue weighted by Crippen LogP contribution is 2.24. The van der Waals surface area contributed by atoms with Crippen molar-refractivity contribution in [3.63, 3.8) is 0 Å². The summed E-state index contributed by atoms with van der Waals surface area (Å²) >= 11 is 0. The van der Waals surface area contributed by atoms with Crippen LogP contribution in [0.4, 0.5) is 0 Å². The minimum atomic E-state index is 0.0382. The van der Waals surface area contributed by atoms with Gasteiger partial charge in [0.15, 0.2) is 11.5 Å². The number of hydrogen-bond acceptors (Lipinski definition) is 3. The molecule has 1 aromatic heterocycles. The molecule has 1 aromatic carbocycles. The molecule has 1 N–H and O–H groups in total. The summed E-state index contributed by atoms with van der Waals surface area (Å²) in [6, 6.07) is 6.06. The third-order valence-electron chi connectivity index (χ3n) is 3.45. The fraction of sp³-hybridized carbons (Fsp3) is 0.529. The molecule has 0 saturated carbocycles. The first-order valence-electron chi connectivity index (χ1n) is 7.65. The van der Waals surface area contributed by atoms with E-state index in [1.807, 2.05) is 26.0 Å². The van der Waals surface area contributed by atoms with Crippen molar-refractivity contribution < 1.29 is 9.21 Å². The van der Waals surface area contributed by atoms with Crippen LogP contribution in [0.3, 0.4) is 0 Å². The second-order valence-corrected chi connectivity index (χ2v) is 6.02. The Morgan fingerprint density at radius 2 is 2.05 bits per heavy atom. The summed E-state index contributed by atoms with van der Waals surface area (Å²) < 4.78 is 5.88. The lowest BCUT2D eigenvalue weighted by Crippen LogP contribution is -2.28. The van der Waals surface area contributed by atoms with Crippen LogP contribution in [0.25, 0.3) is 11.1 Å². The molecule has 0 saturated heterocycles. The summed E-state index contributed by atoms with van der Waals surface area (Å²) in [5.41, 5.74) is 2.96. The fourth-order valence-electron chi connectivity index (χ4n) is 2.16. The van der Waals surface area contributed by atoms with Crippen molar-refractivity contribution in [2.24, 2.45) is 5.92 Å². The number of carbonyl (C=O) groups excluding carboxylic acids is 1. The van der Waals surface area contributed by atoms with Crippen LogP contribution in [0.5, 0.6) is 0 Å². The van der Waals surface area contributed by atoms with Gasteiger partial charge >= 0.3 is 0 Å². The van der Waals surface area contributed by atoms with Crippen LogP contribution in [-0.4, -0.2) is 17.4 Å². The van der Waals surface area contributed by atoms with Crippen molar-refractivity contribution in [3.05, 3.63) is 29.7 Å². The first-order chi connectivity index (χ1) is 9.99. The molecule has 2 rings (SSSR count). The van der Waals surface area contributed by atoms with Gasteiger partial charge in [0.1, 0.15) is 5.52 Å². The molecule has 0 aliphatic carbocycles. The van der Waals surface area contributed by atoms with E-state index in [0.717, 1.165) is 35.4 Å². The van der Waals surface area contributed by atoms with Gasteiger partial charge in [-0.15, -0.1) is 0 Å². The predicted molar refractivity (Wildman–Crippen MR) is 84.3 cm³/mol. The molecule has 0 spiro atoms. The Balaban J connectivity index is 2.00. The van der Waals surface area contributed by atoms with E-state index >= 15 is 0 Å². The average Bonchev–Trinajstić information content (AvgIpc) is 2.88. The van der Waals surface area contributed by atoms with Gasteiger partial charge in [-0.2, -0.15) is 0 Å². The van der Waals surface area contributed by atoms with Crippen LogP contribution < -0.4 is 5.32 Å². The molecule has 114 valence electrons. The van der Waals surface area contributed by atoms with Gasteiger partial charge in [0.05, 0.1) is 0 Å². The number of nitrogens with one attached hydrogen (secondary N) is 1. The van der Waals surface area contributed by atoms with Crippen LogP contribution in [0.15, 0.2) is 22.6 Å². The van der Waals surface area contributed by atoms with Crippen molar-refractivity contribution in [1.82, 2.24) is 10.3 Å². The van der Waals surface area contributed by atoms with E-state index in [0.29, 0.717) is 6.54 Å². The van der Waals surface area contributed by atoms with E-state index in [2.05, 4.69) is 30.2 Å². The zero-order valence-electron chi connectivity index (χ0n) is 13.3. The third kappa shape index (κ3) is 3.84. The molecular weight excluding hydrogens is 264 g/mol.